The van der Waals surface area contributed by atoms with Crippen molar-refractivity contribution in [3.8, 4) is 0 Å². The highest BCUT2D eigenvalue weighted by Crippen LogP contribution is 2.40. The number of aliphatic hydroxyl groups excluding tert-OH is 2. The van der Waals surface area contributed by atoms with E-state index in [0.29, 0.717) is 6.42 Å². The Balaban J connectivity index is 1.99. The van der Waals surface area contributed by atoms with Gasteiger partial charge >= 0.3 is 0 Å². The molecular formula is C28H40O6Si. The van der Waals surface area contributed by atoms with Crippen LogP contribution in [0.5, 0.6) is 0 Å². The van der Waals surface area contributed by atoms with Crippen molar-refractivity contribution in [2.24, 2.45) is 5.92 Å². The number of rotatable bonds is 9. The molecule has 7 heteroatoms. The molecule has 0 aliphatic carbocycles. The minimum absolute atomic E-state index is 0.167. The van der Waals surface area contributed by atoms with Crippen LogP contribution in [-0.2, 0) is 18.7 Å². The molecule has 2 N–H and O–H groups in total. The maximum Gasteiger partial charge on any atom is 0.261 e. The fraction of sp³-hybridized carbons (Fsp3) is 0.536. The number of carbonyl (C=O) groups excluding carboxylic acids is 1. The SMILES string of the molecule is CO[C@]1([C@@H](O)CC(C)=O)O[C@@H](CO[Si](c2ccccc2)(c2ccccc2)C(C)(C)C)C[C@@H](C)[C@@H]1O. The third-order valence-corrected chi connectivity index (χ3v) is 12.1. The average Bonchev–Trinajstić information content (AvgIpc) is 2.81. The molecule has 2 aromatic rings. The van der Waals surface area contributed by atoms with Crippen LogP contribution in [0.3, 0.4) is 0 Å². The van der Waals surface area contributed by atoms with Crippen LogP contribution in [0, 0.1) is 5.92 Å². The van der Waals surface area contributed by atoms with Crippen LogP contribution in [-0.4, -0.2) is 62.1 Å². The zero-order valence-electron chi connectivity index (χ0n) is 21.7. The Morgan fingerprint density at radius 3 is 2.06 bits per heavy atom. The third-order valence-electron chi connectivity index (χ3n) is 7.10. The molecule has 1 heterocycles. The Kier molecular flexibility index (Phi) is 8.73. The van der Waals surface area contributed by atoms with Gasteiger partial charge in [-0.1, -0.05) is 88.4 Å². The summed E-state index contributed by atoms with van der Waals surface area (Å²) in [4.78, 5) is 11.7. The summed E-state index contributed by atoms with van der Waals surface area (Å²) in [5.74, 6) is -2.12. The largest absolute Gasteiger partial charge is 0.405 e. The predicted octanol–water partition coefficient (Wildman–Crippen LogP) is 3.03. The second-order valence-corrected chi connectivity index (χ2v) is 15.0. The van der Waals surface area contributed by atoms with E-state index in [1.54, 1.807) is 0 Å². The lowest BCUT2D eigenvalue weighted by atomic mass is 9.84. The molecule has 6 nitrogen and oxygen atoms in total. The molecule has 0 spiro atoms. The summed E-state index contributed by atoms with van der Waals surface area (Å²) in [6.45, 7) is 10.2. The Morgan fingerprint density at radius 1 is 1.11 bits per heavy atom. The number of ketones is 1. The molecule has 1 fully saturated rings. The fourth-order valence-corrected chi connectivity index (χ4v) is 9.99. The molecular weight excluding hydrogens is 460 g/mol. The van der Waals surface area contributed by atoms with Crippen LogP contribution in [0.4, 0.5) is 0 Å². The first-order valence-electron chi connectivity index (χ1n) is 12.3. The second kappa shape index (κ2) is 11.0. The van der Waals surface area contributed by atoms with Gasteiger partial charge in [0.15, 0.2) is 0 Å². The summed E-state index contributed by atoms with van der Waals surface area (Å²) < 4.78 is 18.9. The van der Waals surface area contributed by atoms with E-state index in [9.17, 15) is 15.0 Å². The van der Waals surface area contributed by atoms with E-state index in [0.717, 1.165) is 10.4 Å². The topological polar surface area (TPSA) is 85.2 Å². The van der Waals surface area contributed by atoms with Crippen molar-refractivity contribution < 1.29 is 28.9 Å². The van der Waals surface area contributed by atoms with Crippen molar-refractivity contribution in [1.29, 1.82) is 0 Å². The van der Waals surface area contributed by atoms with E-state index in [1.165, 1.54) is 14.0 Å². The Labute approximate surface area is 210 Å². The molecule has 5 atom stereocenters. The van der Waals surface area contributed by atoms with Gasteiger partial charge in [-0.05, 0) is 34.7 Å². The number of ether oxygens (including phenoxy) is 2. The van der Waals surface area contributed by atoms with Crippen molar-refractivity contribution in [3.05, 3.63) is 60.7 Å². The Morgan fingerprint density at radius 2 is 1.63 bits per heavy atom. The lowest BCUT2D eigenvalue weighted by Crippen LogP contribution is -2.68. The van der Waals surface area contributed by atoms with Crippen molar-refractivity contribution in [3.63, 3.8) is 0 Å². The van der Waals surface area contributed by atoms with Gasteiger partial charge in [0.1, 0.15) is 18.0 Å². The van der Waals surface area contributed by atoms with Crippen LogP contribution >= 0.6 is 0 Å². The number of aliphatic hydroxyl groups is 2. The smallest absolute Gasteiger partial charge is 0.261 e. The van der Waals surface area contributed by atoms with Gasteiger partial charge in [-0.2, -0.15) is 0 Å². The predicted molar refractivity (Wildman–Crippen MR) is 139 cm³/mol. The number of hydrogen-bond acceptors (Lipinski definition) is 6. The Hall–Kier alpha value is -1.87. The number of hydrogen-bond donors (Lipinski definition) is 2. The molecule has 2 aromatic carbocycles. The average molecular weight is 501 g/mol. The van der Waals surface area contributed by atoms with E-state index in [1.807, 2.05) is 43.3 Å². The van der Waals surface area contributed by atoms with E-state index >= 15 is 0 Å². The molecule has 3 rings (SSSR count). The third kappa shape index (κ3) is 5.45. The lowest BCUT2D eigenvalue weighted by molar-refractivity contribution is -0.358. The summed E-state index contributed by atoms with van der Waals surface area (Å²) in [5, 5.41) is 23.9. The normalized spacial score (nSPS) is 26.3. The molecule has 0 amide bonds. The number of carbonyl (C=O) groups is 1. The minimum Gasteiger partial charge on any atom is -0.405 e. The zero-order chi connectivity index (χ0) is 25.9. The fourth-order valence-electron chi connectivity index (χ4n) is 5.40. The quantitative estimate of drug-likeness (QED) is 0.515. The van der Waals surface area contributed by atoms with E-state index in [4.69, 9.17) is 13.9 Å². The van der Waals surface area contributed by atoms with E-state index in [2.05, 4.69) is 45.0 Å². The molecule has 1 aliphatic rings. The van der Waals surface area contributed by atoms with Gasteiger partial charge in [0.25, 0.3) is 8.32 Å². The maximum atomic E-state index is 11.7. The highest BCUT2D eigenvalue weighted by atomic mass is 28.4. The standard InChI is InChI=1S/C28H40O6Si/c1-20-17-22(34-28(32-6,26(20)31)25(30)18-21(2)29)19-33-35(27(3,4)5,23-13-9-7-10-14-23)24-15-11-8-12-16-24/h7-16,20,22,25-26,30-31H,17-19H2,1-6H3/t20-,22-,25+,26+,28-/m1/s1. The summed E-state index contributed by atoms with van der Waals surface area (Å²) in [5.41, 5.74) is 0. The molecule has 0 unspecified atom stereocenters. The molecule has 0 saturated carbocycles. The first-order chi connectivity index (χ1) is 16.5. The monoisotopic (exact) mass is 500 g/mol. The molecule has 0 bridgehead atoms. The minimum atomic E-state index is -2.78. The van der Waals surface area contributed by atoms with E-state index in [-0.39, 0.29) is 29.8 Å². The van der Waals surface area contributed by atoms with Crippen molar-refractivity contribution in [2.75, 3.05) is 13.7 Å². The van der Waals surface area contributed by atoms with Crippen LogP contribution < -0.4 is 10.4 Å². The maximum absolute atomic E-state index is 11.7. The molecule has 1 aliphatic heterocycles. The summed E-state index contributed by atoms with van der Waals surface area (Å²) >= 11 is 0. The molecule has 35 heavy (non-hydrogen) atoms. The van der Waals surface area contributed by atoms with Gasteiger partial charge in [-0.15, -0.1) is 0 Å². The summed E-state index contributed by atoms with van der Waals surface area (Å²) in [6.07, 6.45) is -2.43. The van der Waals surface area contributed by atoms with Gasteiger partial charge in [-0.3, -0.25) is 4.79 Å². The van der Waals surface area contributed by atoms with Gasteiger partial charge in [0, 0.05) is 13.5 Å². The molecule has 0 radical (unpaired) electrons. The summed E-state index contributed by atoms with van der Waals surface area (Å²) in [6, 6.07) is 20.7. The van der Waals surface area contributed by atoms with Gasteiger partial charge in [-0.25, -0.2) is 0 Å². The number of benzene rings is 2. The molecule has 0 aromatic heterocycles. The van der Waals surface area contributed by atoms with Crippen molar-refractivity contribution >= 4 is 24.5 Å². The van der Waals surface area contributed by atoms with Crippen LogP contribution in [0.1, 0.15) is 47.5 Å². The van der Waals surface area contributed by atoms with E-state index < -0.39 is 32.4 Å². The van der Waals surface area contributed by atoms with Gasteiger partial charge in [0.05, 0.1) is 12.7 Å². The van der Waals surface area contributed by atoms with Crippen LogP contribution in [0.25, 0.3) is 0 Å². The van der Waals surface area contributed by atoms with Crippen LogP contribution in [0.2, 0.25) is 5.04 Å². The first kappa shape index (κ1) is 27.7. The van der Waals surface area contributed by atoms with Gasteiger partial charge in [0.2, 0.25) is 5.79 Å². The highest BCUT2D eigenvalue weighted by molar-refractivity contribution is 6.99. The van der Waals surface area contributed by atoms with Crippen LogP contribution in [0.15, 0.2) is 60.7 Å². The van der Waals surface area contributed by atoms with Crippen molar-refractivity contribution in [1.82, 2.24) is 0 Å². The summed E-state index contributed by atoms with van der Waals surface area (Å²) in [7, 11) is -1.39. The number of Topliss-reactive ketones (excluding diaryl/α,β-unsaturated/α-hetero) is 1. The Bertz CT molecular complexity index is 921. The highest BCUT2D eigenvalue weighted by Gasteiger charge is 2.55. The van der Waals surface area contributed by atoms with Gasteiger partial charge < -0.3 is 24.1 Å². The lowest BCUT2D eigenvalue weighted by Gasteiger charge is -2.49. The first-order valence-corrected chi connectivity index (χ1v) is 14.2. The number of methoxy groups -OCH3 is 1. The molecule has 1 saturated heterocycles. The van der Waals surface area contributed by atoms with Crippen molar-refractivity contribution in [2.45, 2.75) is 76.6 Å². The second-order valence-electron chi connectivity index (χ2n) is 10.7. The molecule has 192 valence electrons. The zero-order valence-corrected chi connectivity index (χ0v) is 22.7.